The molecule has 1 saturated carbocycles. The molecule has 0 aromatic rings. The van der Waals surface area contributed by atoms with E-state index in [2.05, 4.69) is 15.3 Å². The number of esters is 1. The van der Waals surface area contributed by atoms with Gasteiger partial charge in [0.15, 0.2) is 0 Å². The van der Waals surface area contributed by atoms with Crippen molar-refractivity contribution in [3.63, 3.8) is 0 Å². The van der Waals surface area contributed by atoms with Crippen LogP contribution in [0.5, 0.6) is 0 Å². The van der Waals surface area contributed by atoms with Gasteiger partial charge in [-0.3, -0.25) is 5.32 Å². The van der Waals surface area contributed by atoms with Crippen LogP contribution in [0.15, 0.2) is 5.11 Å². The van der Waals surface area contributed by atoms with Gasteiger partial charge < -0.3 is 9.47 Å². The van der Waals surface area contributed by atoms with Crippen molar-refractivity contribution in [2.24, 2.45) is 5.11 Å². The van der Waals surface area contributed by atoms with Gasteiger partial charge in [0.25, 0.3) is 0 Å². The van der Waals surface area contributed by atoms with Gasteiger partial charge in [0, 0.05) is 18.6 Å². The van der Waals surface area contributed by atoms with Crippen LogP contribution in [0.3, 0.4) is 0 Å². The zero-order valence-corrected chi connectivity index (χ0v) is 11.6. The zero-order chi connectivity index (χ0) is 14.1. The molecule has 0 amide bonds. The highest BCUT2D eigenvalue weighted by molar-refractivity contribution is 5.81. The number of nitrogens with one attached hydrogen (secondary N) is 1. The number of hydrogen-bond acceptors (Lipinski definition) is 5. The second kappa shape index (κ2) is 7.99. The molecule has 1 aliphatic carbocycles. The minimum Gasteiger partial charge on any atom is -0.468 e. The van der Waals surface area contributed by atoms with E-state index in [1.807, 2.05) is 0 Å². The summed E-state index contributed by atoms with van der Waals surface area (Å²) in [6.07, 6.45) is 4.08. The lowest BCUT2D eigenvalue weighted by molar-refractivity contribution is -0.158. The number of carbonyl (C=O) groups excluding carboxylic acids is 1. The summed E-state index contributed by atoms with van der Waals surface area (Å²) >= 11 is 0. The highest BCUT2D eigenvalue weighted by Crippen LogP contribution is 2.31. The highest BCUT2D eigenvalue weighted by atomic mass is 16.5. The van der Waals surface area contributed by atoms with Crippen LogP contribution < -0.4 is 5.32 Å². The Balaban J connectivity index is 2.68. The molecule has 0 bridgehead atoms. The third-order valence-corrected chi connectivity index (χ3v) is 3.61. The number of carbonyl (C=O) groups is 1. The molecule has 108 valence electrons. The Kier molecular flexibility index (Phi) is 6.62. The third kappa shape index (κ3) is 3.83. The average molecular weight is 270 g/mol. The van der Waals surface area contributed by atoms with Crippen molar-refractivity contribution in [3.8, 4) is 0 Å². The topological polar surface area (TPSA) is 96.3 Å². The summed E-state index contributed by atoms with van der Waals surface area (Å²) in [6, 6.07) is 0. The first-order valence-electron chi connectivity index (χ1n) is 6.58. The number of azide groups is 1. The second-order valence-electron chi connectivity index (χ2n) is 4.67. The molecule has 7 nitrogen and oxygen atoms in total. The molecule has 0 spiro atoms. The van der Waals surface area contributed by atoms with Gasteiger partial charge in [0.1, 0.15) is 5.54 Å². The van der Waals surface area contributed by atoms with E-state index in [0.717, 1.165) is 19.3 Å². The van der Waals surface area contributed by atoms with Crippen LogP contribution >= 0.6 is 0 Å². The van der Waals surface area contributed by atoms with Gasteiger partial charge in [0.05, 0.1) is 13.2 Å². The van der Waals surface area contributed by atoms with Crippen LogP contribution in [0.1, 0.15) is 32.1 Å². The molecule has 1 aliphatic rings. The summed E-state index contributed by atoms with van der Waals surface area (Å²) in [4.78, 5) is 14.8. The predicted molar refractivity (Wildman–Crippen MR) is 70.6 cm³/mol. The van der Waals surface area contributed by atoms with Crippen molar-refractivity contribution < 1.29 is 14.3 Å². The molecule has 1 fully saturated rings. The zero-order valence-electron chi connectivity index (χ0n) is 11.6. The molecule has 0 heterocycles. The van der Waals surface area contributed by atoms with Gasteiger partial charge in [-0.1, -0.05) is 18.0 Å². The van der Waals surface area contributed by atoms with Gasteiger partial charge in [-0.25, -0.2) is 4.79 Å². The Morgan fingerprint density at radius 3 is 2.95 bits per heavy atom. The van der Waals surface area contributed by atoms with Gasteiger partial charge >= 0.3 is 5.97 Å². The fourth-order valence-electron chi connectivity index (χ4n) is 2.66. The maximum Gasteiger partial charge on any atom is 0.328 e. The molecule has 0 saturated heterocycles. The van der Waals surface area contributed by atoms with Crippen molar-refractivity contribution in [2.45, 2.75) is 43.7 Å². The Hall–Kier alpha value is -1.30. The van der Waals surface area contributed by atoms with Crippen molar-refractivity contribution in [2.75, 3.05) is 27.3 Å². The molecule has 1 rings (SSSR count). The molecular formula is C12H22N4O3. The van der Waals surface area contributed by atoms with Gasteiger partial charge in [-0.15, -0.1) is 0 Å². The van der Waals surface area contributed by atoms with E-state index in [1.165, 1.54) is 7.11 Å². The second-order valence-corrected chi connectivity index (χ2v) is 4.67. The largest absolute Gasteiger partial charge is 0.468 e. The van der Waals surface area contributed by atoms with Crippen LogP contribution in [-0.2, 0) is 14.3 Å². The predicted octanol–water partition coefficient (Wildman–Crippen LogP) is 1.78. The molecule has 1 N–H and O–H groups in total. The van der Waals surface area contributed by atoms with Crippen molar-refractivity contribution in [1.82, 2.24) is 5.32 Å². The number of methoxy groups -OCH3 is 2. The quantitative estimate of drug-likeness (QED) is 0.251. The minimum absolute atomic E-state index is 0.173. The first-order valence-corrected chi connectivity index (χ1v) is 6.58. The van der Waals surface area contributed by atoms with Crippen molar-refractivity contribution in [1.29, 1.82) is 0 Å². The SMILES string of the molecule is COC(=O)C1(NCCCN=[N+]=[N-])CCCCC1OC. The van der Waals surface area contributed by atoms with Gasteiger partial charge in [-0.2, -0.15) is 0 Å². The van der Waals surface area contributed by atoms with E-state index in [4.69, 9.17) is 15.0 Å². The van der Waals surface area contributed by atoms with Gasteiger partial charge in [0.2, 0.25) is 0 Å². The maximum absolute atomic E-state index is 12.1. The molecule has 2 atom stereocenters. The normalized spacial score (nSPS) is 26.5. The number of ether oxygens (including phenoxy) is 2. The summed E-state index contributed by atoms with van der Waals surface area (Å²) in [5, 5.41) is 6.74. The van der Waals surface area contributed by atoms with Crippen LogP contribution in [0.4, 0.5) is 0 Å². The van der Waals surface area contributed by atoms with E-state index in [1.54, 1.807) is 7.11 Å². The Bertz CT molecular complexity index is 344. The maximum atomic E-state index is 12.1. The number of rotatable bonds is 7. The summed E-state index contributed by atoms with van der Waals surface area (Å²) in [6.45, 7) is 1.01. The lowest BCUT2D eigenvalue weighted by atomic mass is 9.78. The standard InChI is InChI=1S/C12H22N4O3/c1-18-10-6-3-4-7-12(10,11(17)19-2)14-8-5-9-15-16-13/h10,14H,3-9H2,1-2H3. The molecule has 19 heavy (non-hydrogen) atoms. The lowest BCUT2D eigenvalue weighted by Gasteiger charge is -2.41. The Morgan fingerprint density at radius 1 is 1.53 bits per heavy atom. The summed E-state index contributed by atoms with van der Waals surface area (Å²) in [5.41, 5.74) is 7.45. The fraction of sp³-hybridized carbons (Fsp3) is 0.917. The summed E-state index contributed by atoms with van der Waals surface area (Å²) in [7, 11) is 3.02. The Labute approximate surface area is 113 Å². The monoisotopic (exact) mass is 270 g/mol. The van der Waals surface area contributed by atoms with Crippen LogP contribution in [-0.4, -0.2) is 44.9 Å². The van der Waals surface area contributed by atoms with E-state index >= 15 is 0 Å². The van der Waals surface area contributed by atoms with Gasteiger partial charge in [-0.05, 0) is 31.3 Å². The smallest absolute Gasteiger partial charge is 0.328 e. The van der Waals surface area contributed by atoms with Crippen molar-refractivity contribution >= 4 is 5.97 Å². The van der Waals surface area contributed by atoms with E-state index in [9.17, 15) is 4.79 Å². The number of hydrogen-bond donors (Lipinski definition) is 1. The molecule has 0 aromatic carbocycles. The van der Waals surface area contributed by atoms with Crippen LogP contribution in [0, 0.1) is 0 Å². The molecule has 0 aromatic heterocycles. The third-order valence-electron chi connectivity index (χ3n) is 3.61. The van der Waals surface area contributed by atoms with E-state index < -0.39 is 5.54 Å². The number of nitrogens with zero attached hydrogens (tertiary/aromatic N) is 3. The molecular weight excluding hydrogens is 248 g/mol. The van der Waals surface area contributed by atoms with E-state index in [-0.39, 0.29) is 12.1 Å². The molecule has 0 radical (unpaired) electrons. The van der Waals surface area contributed by atoms with E-state index in [0.29, 0.717) is 25.9 Å². The minimum atomic E-state index is -0.766. The molecule has 2 unspecified atom stereocenters. The first-order chi connectivity index (χ1) is 9.21. The fourth-order valence-corrected chi connectivity index (χ4v) is 2.66. The van der Waals surface area contributed by atoms with Crippen LogP contribution in [0.25, 0.3) is 10.4 Å². The van der Waals surface area contributed by atoms with Crippen molar-refractivity contribution in [3.05, 3.63) is 10.4 Å². The highest BCUT2D eigenvalue weighted by Gasteiger charge is 2.48. The average Bonchev–Trinajstić information content (AvgIpc) is 2.46. The molecule has 0 aliphatic heterocycles. The van der Waals surface area contributed by atoms with Crippen LogP contribution in [0.2, 0.25) is 0 Å². The summed E-state index contributed by atoms with van der Waals surface area (Å²) < 4.78 is 10.4. The summed E-state index contributed by atoms with van der Waals surface area (Å²) in [5.74, 6) is -0.275. The first kappa shape index (κ1) is 15.8. The Morgan fingerprint density at radius 2 is 2.32 bits per heavy atom. The molecule has 7 heteroatoms. The lowest BCUT2D eigenvalue weighted by Crippen LogP contribution is -2.62.